The van der Waals surface area contributed by atoms with E-state index in [0.717, 1.165) is 31.2 Å². The molecule has 1 saturated carbocycles. The van der Waals surface area contributed by atoms with Gasteiger partial charge in [-0.05, 0) is 49.4 Å². The minimum absolute atomic E-state index is 0.0319. The van der Waals surface area contributed by atoms with Gasteiger partial charge >= 0.3 is 5.97 Å². The molecular weight excluding hydrogens is 378 g/mol. The van der Waals surface area contributed by atoms with Gasteiger partial charge in [0.05, 0.1) is 19.1 Å². The molecule has 0 spiro atoms. The molecule has 5 heteroatoms. The molecule has 160 valence electrons. The van der Waals surface area contributed by atoms with Gasteiger partial charge in [-0.25, -0.2) is 4.79 Å². The summed E-state index contributed by atoms with van der Waals surface area (Å²) in [6.07, 6.45) is 3.69. The molecule has 0 aliphatic heterocycles. The number of ether oxygens (including phenoxy) is 2. The van der Waals surface area contributed by atoms with Crippen molar-refractivity contribution in [2.24, 2.45) is 5.92 Å². The lowest BCUT2D eigenvalue weighted by molar-refractivity contribution is -0.121. The zero-order valence-corrected chi connectivity index (χ0v) is 18.3. The van der Waals surface area contributed by atoms with Crippen molar-refractivity contribution in [2.45, 2.75) is 51.9 Å². The van der Waals surface area contributed by atoms with Crippen LogP contribution in [0.3, 0.4) is 0 Å². The van der Waals surface area contributed by atoms with Gasteiger partial charge in [-0.15, -0.1) is 0 Å². The molecule has 1 aliphatic carbocycles. The summed E-state index contributed by atoms with van der Waals surface area (Å²) in [5.74, 6) is 0.267. The Bertz CT molecular complexity index is 896. The van der Waals surface area contributed by atoms with Crippen molar-refractivity contribution < 1.29 is 19.1 Å². The smallest absolute Gasteiger partial charge is 0.341 e. The van der Waals surface area contributed by atoms with E-state index >= 15 is 0 Å². The van der Waals surface area contributed by atoms with Crippen LogP contribution in [0, 0.1) is 12.8 Å². The first-order valence-corrected chi connectivity index (χ1v) is 10.6. The number of rotatable bonds is 7. The van der Waals surface area contributed by atoms with Crippen LogP contribution >= 0.6 is 0 Å². The van der Waals surface area contributed by atoms with E-state index < -0.39 is 11.4 Å². The standard InChI is InChI=1S/C25H31NO4/c1-17(2)16-30-22-12-11-20(15-21(22)23(27)29-4)26-24(28)25(13-5-6-14-25)19-9-7-18(3)8-10-19/h7-12,15,17H,5-6,13-14,16H2,1-4H3,(H,26,28). The molecule has 0 atom stereocenters. The highest BCUT2D eigenvalue weighted by molar-refractivity contribution is 6.01. The van der Waals surface area contributed by atoms with Crippen LogP contribution in [-0.4, -0.2) is 25.6 Å². The average molecular weight is 410 g/mol. The topological polar surface area (TPSA) is 64.6 Å². The van der Waals surface area contributed by atoms with Crippen LogP contribution in [0.1, 0.15) is 61.0 Å². The number of esters is 1. The van der Waals surface area contributed by atoms with Gasteiger partial charge in [0.15, 0.2) is 0 Å². The predicted molar refractivity (Wildman–Crippen MR) is 118 cm³/mol. The highest BCUT2D eigenvalue weighted by atomic mass is 16.5. The third kappa shape index (κ3) is 4.66. The first-order valence-electron chi connectivity index (χ1n) is 10.6. The summed E-state index contributed by atoms with van der Waals surface area (Å²) in [5, 5.41) is 3.05. The Labute approximate surface area is 178 Å². The maximum Gasteiger partial charge on any atom is 0.341 e. The Morgan fingerprint density at radius 3 is 2.33 bits per heavy atom. The Morgan fingerprint density at radius 1 is 1.07 bits per heavy atom. The van der Waals surface area contributed by atoms with Gasteiger partial charge in [0.2, 0.25) is 5.91 Å². The normalized spacial score (nSPS) is 15.1. The predicted octanol–water partition coefficient (Wildman–Crippen LogP) is 5.27. The van der Waals surface area contributed by atoms with Crippen molar-refractivity contribution >= 4 is 17.6 Å². The second kappa shape index (κ2) is 9.33. The molecule has 0 unspecified atom stereocenters. The lowest BCUT2D eigenvalue weighted by atomic mass is 9.77. The summed E-state index contributed by atoms with van der Waals surface area (Å²) >= 11 is 0. The van der Waals surface area contributed by atoms with E-state index in [0.29, 0.717) is 29.5 Å². The number of amides is 1. The molecule has 0 bridgehead atoms. The van der Waals surface area contributed by atoms with E-state index in [-0.39, 0.29) is 5.91 Å². The van der Waals surface area contributed by atoms with Crippen LogP contribution < -0.4 is 10.1 Å². The van der Waals surface area contributed by atoms with Crippen LogP contribution in [0.2, 0.25) is 0 Å². The largest absolute Gasteiger partial charge is 0.492 e. The lowest BCUT2D eigenvalue weighted by Gasteiger charge is -2.28. The van der Waals surface area contributed by atoms with E-state index in [1.807, 2.05) is 20.8 Å². The Morgan fingerprint density at radius 2 is 1.73 bits per heavy atom. The number of aryl methyl sites for hydroxylation is 1. The fraction of sp³-hybridized carbons (Fsp3) is 0.440. The molecule has 1 N–H and O–H groups in total. The van der Waals surface area contributed by atoms with Gasteiger partial charge in [-0.3, -0.25) is 4.79 Å². The fourth-order valence-corrected chi connectivity index (χ4v) is 4.01. The minimum atomic E-state index is -0.536. The summed E-state index contributed by atoms with van der Waals surface area (Å²) in [4.78, 5) is 25.7. The van der Waals surface area contributed by atoms with Gasteiger partial charge in [0.1, 0.15) is 11.3 Å². The number of carbonyl (C=O) groups excluding carboxylic acids is 2. The number of benzene rings is 2. The van der Waals surface area contributed by atoms with Gasteiger partial charge in [0.25, 0.3) is 0 Å². The molecule has 0 saturated heterocycles. The molecular formula is C25H31NO4. The van der Waals surface area contributed by atoms with Crippen LogP contribution in [0.15, 0.2) is 42.5 Å². The van der Waals surface area contributed by atoms with Crippen LogP contribution in [0.5, 0.6) is 5.75 Å². The van der Waals surface area contributed by atoms with E-state index in [9.17, 15) is 9.59 Å². The molecule has 1 amide bonds. The Kier molecular flexibility index (Phi) is 6.80. The Hall–Kier alpha value is -2.82. The van der Waals surface area contributed by atoms with E-state index in [1.165, 1.54) is 12.7 Å². The average Bonchev–Trinajstić information content (AvgIpc) is 3.24. The third-order valence-electron chi connectivity index (χ3n) is 5.71. The second-order valence-corrected chi connectivity index (χ2v) is 8.52. The minimum Gasteiger partial charge on any atom is -0.492 e. The van der Waals surface area contributed by atoms with Gasteiger partial charge in [0, 0.05) is 5.69 Å². The maximum atomic E-state index is 13.4. The van der Waals surface area contributed by atoms with Crippen molar-refractivity contribution in [2.75, 3.05) is 19.0 Å². The number of anilines is 1. The molecule has 5 nitrogen and oxygen atoms in total. The van der Waals surface area contributed by atoms with Crippen molar-refractivity contribution in [3.05, 3.63) is 59.2 Å². The molecule has 0 radical (unpaired) electrons. The molecule has 3 rings (SSSR count). The SMILES string of the molecule is COC(=O)c1cc(NC(=O)C2(c3ccc(C)cc3)CCCC2)ccc1OCC(C)C. The quantitative estimate of drug-likeness (QED) is 0.633. The molecule has 1 fully saturated rings. The van der Waals surface area contributed by atoms with E-state index in [2.05, 4.69) is 29.6 Å². The highest BCUT2D eigenvalue weighted by Crippen LogP contribution is 2.42. The third-order valence-corrected chi connectivity index (χ3v) is 5.71. The summed E-state index contributed by atoms with van der Waals surface area (Å²) in [7, 11) is 1.34. The van der Waals surface area contributed by atoms with E-state index in [4.69, 9.17) is 9.47 Å². The fourth-order valence-electron chi connectivity index (χ4n) is 4.01. The number of hydrogen-bond donors (Lipinski definition) is 1. The number of methoxy groups -OCH3 is 1. The molecule has 0 heterocycles. The maximum absolute atomic E-state index is 13.4. The zero-order chi connectivity index (χ0) is 21.7. The highest BCUT2D eigenvalue weighted by Gasteiger charge is 2.42. The van der Waals surface area contributed by atoms with Crippen molar-refractivity contribution in [1.29, 1.82) is 0 Å². The number of carbonyl (C=O) groups is 2. The van der Waals surface area contributed by atoms with Crippen LogP contribution in [0.25, 0.3) is 0 Å². The monoisotopic (exact) mass is 409 g/mol. The van der Waals surface area contributed by atoms with Crippen molar-refractivity contribution in [1.82, 2.24) is 0 Å². The summed E-state index contributed by atoms with van der Waals surface area (Å²) in [5.41, 5.74) is 2.56. The van der Waals surface area contributed by atoms with E-state index in [1.54, 1.807) is 18.2 Å². The molecule has 30 heavy (non-hydrogen) atoms. The number of hydrogen-bond acceptors (Lipinski definition) is 4. The molecule has 2 aromatic carbocycles. The molecule has 1 aliphatic rings. The summed E-state index contributed by atoms with van der Waals surface area (Å²) in [6, 6.07) is 13.4. The summed E-state index contributed by atoms with van der Waals surface area (Å²) < 4.78 is 10.7. The molecule has 0 aromatic heterocycles. The van der Waals surface area contributed by atoms with Crippen molar-refractivity contribution in [3.8, 4) is 5.75 Å². The number of nitrogens with one attached hydrogen (secondary N) is 1. The molecule has 2 aromatic rings. The Balaban J connectivity index is 1.87. The lowest BCUT2D eigenvalue weighted by Crippen LogP contribution is -2.38. The first-order chi connectivity index (χ1) is 14.4. The zero-order valence-electron chi connectivity index (χ0n) is 18.3. The second-order valence-electron chi connectivity index (χ2n) is 8.52. The van der Waals surface area contributed by atoms with Gasteiger partial charge in [-0.1, -0.05) is 56.5 Å². The van der Waals surface area contributed by atoms with Crippen LogP contribution in [0.4, 0.5) is 5.69 Å². The van der Waals surface area contributed by atoms with Gasteiger partial charge in [-0.2, -0.15) is 0 Å². The van der Waals surface area contributed by atoms with Gasteiger partial charge < -0.3 is 14.8 Å². The van der Waals surface area contributed by atoms with Crippen LogP contribution in [-0.2, 0) is 14.9 Å². The van der Waals surface area contributed by atoms with Crippen molar-refractivity contribution in [3.63, 3.8) is 0 Å². The summed E-state index contributed by atoms with van der Waals surface area (Å²) in [6.45, 7) is 6.62. The first kappa shape index (κ1) is 21.9.